The molecule has 0 amide bonds. The molecule has 0 saturated heterocycles. The number of ether oxygens (including phenoxy) is 2. The van der Waals surface area contributed by atoms with Crippen molar-refractivity contribution in [1.82, 2.24) is 9.97 Å². The molecule has 0 unspecified atom stereocenters. The van der Waals surface area contributed by atoms with Gasteiger partial charge in [0.15, 0.2) is 0 Å². The first-order chi connectivity index (χ1) is 15.8. The summed E-state index contributed by atoms with van der Waals surface area (Å²) in [5.41, 5.74) is 3.46. The first-order valence-electron chi connectivity index (χ1n) is 10.5. The van der Waals surface area contributed by atoms with Gasteiger partial charge in [0.05, 0.1) is 11.4 Å². The highest BCUT2D eigenvalue weighted by atomic mass is 32.2. The number of nitrogens with zero attached hydrogens (tertiary/aromatic N) is 2. The van der Waals surface area contributed by atoms with Gasteiger partial charge in [0.2, 0.25) is 0 Å². The van der Waals surface area contributed by atoms with E-state index in [0.717, 1.165) is 45.8 Å². The summed E-state index contributed by atoms with van der Waals surface area (Å²) in [4.78, 5) is 12.3. The zero-order chi connectivity index (χ0) is 21.6. The average molecular weight is 459 g/mol. The van der Waals surface area contributed by atoms with Crippen molar-refractivity contribution >= 4 is 23.5 Å². The van der Waals surface area contributed by atoms with E-state index in [4.69, 9.17) is 19.4 Å². The van der Waals surface area contributed by atoms with Crippen molar-refractivity contribution in [2.45, 2.75) is 21.3 Å². The Morgan fingerprint density at radius 3 is 1.44 bits per heavy atom. The van der Waals surface area contributed by atoms with Crippen LogP contribution in [0.2, 0.25) is 0 Å². The molecule has 1 aliphatic rings. The van der Waals surface area contributed by atoms with Crippen molar-refractivity contribution in [1.29, 1.82) is 0 Å². The highest BCUT2D eigenvalue weighted by molar-refractivity contribution is 7.98. The van der Waals surface area contributed by atoms with Crippen LogP contribution in [-0.4, -0.2) is 23.2 Å². The fraction of sp³-hybridized carbons (Fsp3) is 0.154. The van der Waals surface area contributed by atoms with Crippen LogP contribution in [0.15, 0.2) is 94.7 Å². The molecule has 4 aromatic rings. The van der Waals surface area contributed by atoms with Crippen LogP contribution in [0.5, 0.6) is 11.5 Å². The van der Waals surface area contributed by atoms with Gasteiger partial charge in [-0.1, -0.05) is 36.4 Å². The van der Waals surface area contributed by atoms with E-state index < -0.39 is 0 Å². The minimum absolute atomic E-state index is 0.484. The topological polar surface area (TPSA) is 44.2 Å². The Balaban J connectivity index is 1.42. The second-order valence-corrected chi connectivity index (χ2v) is 9.30. The zero-order valence-corrected chi connectivity index (χ0v) is 19.1. The van der Waals surface area contributed by atoms with Gasteiger partial charge in [-0.05, 0) is 48.5 Å². The summed E-state index contributed by atoms with van der Waals surface area (Å²) in [6.45, 7) is 0.968. The third-order valence-electron chi connectivity index (χ3n) is 4.91. The van der Waals surface area contributed by atoms with Crippen molar-refractivity contribution in [2.24, 2.45) is 0 Å². The van der Waals surface area contributed by atoms with E-state index in [1.807, 2.05) is 36.4 Å². The monoisotopic (exact) mass is 458 g/mol. The molecule has 5 rings (SSSR count). The van der Waals surface area contributed by atoms with Crippen molar-refractivity contribution in [3.63, 3.8) is 0 Å². The summed E-state index contributed by atoms with van der Waals surface area (Å²) >= 11 is 3.53. The first-order valence-corrected chi connectivity index (χ1v) is 12.4. The molecule has 0 aliphatic carbocycles. The van der Waals surface area contributed by atoms with E-state index in [9.17, 15) is 0 Å². The van der Waals surface area contributed by atoms with Crippen LogP contribution in [0.3, 0.4) is 0 Å². The highest BCUT2D eigenvalue weighted by Crippen LogP contribution is 2.37. The number of hydrogen-bond acceptors (Lipinski definition) is 6. The molecule has 4 nitrogen and oxygen atoms in total. The molecule has 1 aliphatic heterocycles. The Morgan fingerprint density at radius 1 is 0.562 bits per heavy atom. The minimum atomic E-state index is 0.484. The Bertz CT molecular complexity index is 1090. The summed E-state index contributed by atoms with van der Waals surface area (Å²) in [5.74, 6) is 3.06. The summed E-state index contributed by atoms with van der Waals surface area (Å²) in [5, 5.41) is 0. The van der Waals surface area contributed by atoms with Crippen LogP contribution < -0.4 is 9.47 Å². The van der Waals surface area contributed by atoms with Gasteiger partial charge in [-0.25, -0.2) is 9.97 Å². The van der Waals surface area contributed by atoms with Gasteiger partial charge in [0.1, 0.15) is 36.1 Å². The molecule has 0 bridgehead atoms. The first kappa shape index (κ1) is 20.9. The second kappa shape index (κ2) is 10.1. The van der Waals surface area contributed by atoms with Gasteiger partial charge in [-0.3, -0.25) is 0 Å². The molecule has 0 spiro atoms. The normalized spacial score (nSPS) is 12.5. The molecule has 2 aromatic heterocycles. The Hall–Kier alpha value is -2.96. The fourth-order valence-corrected chi connectivity index (χ4v) is 5.01. The van der Waals surface area contributed by atoms with Gasteiger partial charge in [-0.2, -0.15) is 0 Å². The Morgan fingerprint density at radius 2 is 1.00 bits per heavy atom. The maximum atomic E-state index is 5.93. The predicted octanol–water partition coefficient (Wildman–Crippen LogP) is 6.50. The number of pyridine rings is 2. The molecule has 0 saturated carbocycles. The van der Waals surface area contributed by atoms with Crippen LogP contribution in [-0.2, 0) is 11.5 Å². The largest absolute Gasteiger partial charge is 0.488 e. The van der Waals surface area contributed by atoms with Crippen LogP contribution in [0, 0.1) is 0 Å². The second-order valence-electron chi connectivity index (χ2n) is 7.20. The van der Waals surface area contributed by atoms with E-state index in [1.54, 1.807) is 23.5 Å². The Labute approximate surface area is 196 Å². The molecule has 0 fully saturated rings. The van der Waals surface area contributed by atoms with Gasteiger partial charge in [-0.15, -0.1) is 23.5 Å². The summed E-state index contributed by atoms with van der Waals surface area (Å²) in [6.07, 6.45) is 0. The third kappa shape index (κ3) is 5.09. The van der Waals surface area contributed by atoms with Gasteiger partial charge < -0.3 is 9.47 Å². The lowest BCUT2D eigenvalue weighted by atomic mass is 10.1. The van der Waals surface area contributed by atoms with E-state index in [-0.39, 0.29) is 0 Å². The number of rotatable bonds is 6. The number of aromatic nitrogens is 2. The number of benzene rings is 2. The van der Waals surface area contributed by atoms with E-state index in [1.165, 1.54) is 9.79 Å². The fourth-order valence-electron chi connectivity index (χ4n) is 3.36. The molecule has 160 valence electrons. The van der Waals surface area contributed by atoms with Crippen molar-refractivity contribution in [3.05, 3.63) is 96.3 Å². The van der Waals surface area contributed by atoms with Crippen LogP contribution in [0.1, 0.15) is 11.4 Å². The Kier molecular flexibility index (Phi) is 6.61. The molecule has 2 aromatic carbocycles. The molecule has 32 heavy (non-hydrogen) atoms. The van der Waals surface area contributed by atoms with Crippen LogP contribution in [0.4, 0.5) is 0 Å². The standard InChI is InChI=1S/C26H22N2O2S2/c1-3-7-21(8-4-1)31-17-19-11-13-23-25(27-19)26-24(30-16-15-29-23)14-12-20(28-26)18-32-22-9-5-2-6-10-22/h1-14H,15-18H2. The van der Waals surface area contributed by atoms with Gasteiger partial charge in [0, 0.05) is 21.3 Å². The molecule has 0 N–H and O–H groups in total. The summed E-state index contributed by atoms with van der Waals surface area (Å²) < 4.78 is 11.9. The smallest absolute Gasteiger partial charge is 0.147 e. The van der Waals surface area contributed by atoms with Crippen LogP contribution >= 0.6 is 23.5 Å². The maximum Gasteiger partial charge on any atom is 0.147 e. The van der Waals surface area contributed by atoms with E-state index >= 15 is 0 Å². The molecule has 0 atom stereocenters. The highest BCUT2D eigenvalue weighted by Gasteiger charge is 2.20. The molecular formula is C26H22N2O2S2. The quantitative estimate of drug-likeness (QED) is 0.307. The molecular weight excluding hydrogens is 436 g/mol. The van der Waals surface area contributed by atoms with E-state index in [2.05, 4.69) is 48.5 Å². The summed E-state index contributed by atoms with van der Waals surface area (Å²) in [7, 11) is 0. The molecule has 6 heteroatoms. The minimum Gasteiger partial charge on any atom is -0.488 e. The third-order valence-corrected chi connectivity index (χ3v) is 7.01. The van der Waals surface area contributed by atoms with Crippen molar-refractivity contribution in [3.8, 4) is 22.9 Å². The van der Waals surface area contributed by atoms with Crippen molar-refractivity contribution in [2.75, 3.05) is 13.2 Å². The average Bonchev–Trinajstić information content (AvgIpc) is 2.85. The SMILES string of the molecule is c1ccc(SCc2ccc3c(n2)-c2nc(CSc4ccccc4)ccc2OCCO3)cc1. The lowest BCUT2D eigenvalue weighted by Crippen LogP contribution is -2.14. The van der Waals surface area contributed by atoms with Gasteiger partial charge >= 0.3 is 0 Å². The number of thioether (sulfide) groups is 2. The van der Waals surface area contributed by atoms with E-state index in [0.29, 0.717) is 13.2 Å². The van der Waals surface area contributed by atoms with Gasteiger partial charge in [0.25, 0.3) is 0 Å². The zero-order valence-electron chi connectivity index (χ0n) is 17.4. The number of hydrogen-bond donors (Lipinski definition) is 0. The predicted molar refractivity (Wildman–Crippen MR) is 130 cm³/mol. The lowest BCUT2D eigenvalue weighted by Gasteiger charge is -2.19. The summed E-state index contributed by atoms with van der Waals surface area (Å²) in [6, 6.07) is 28.8. The van der Waals surface area contributed by atoms with Crippen LogP contribution in [0.25, 0.3) is 11.4 Å². The molecule has 3 heterocycles. The maximum absolute atomic E-state index is 5.93. The van der Waals surface area contributed by atoms with Crippen molar-refractivity contribution < 1.29 is 9.47 Å². The number of fused-ring (bicyclic) bond motifs is 3. The molecule has 0 radical (unpaired) electrons. The lowest BCUT2D eigenvalue weighted by molar-refractivity contribution is 0.213.